The molecular weight excluding hydrogens is 1460 g/mol. The molecule has 0 spiro atoms. The Hall–Kier alpha value is -2.68. The Labute approximate surface area is 686 Å². The zero-order valence-corrected chi connectivity index (χ0v) is 73.8. The molecule has 4 aromatic carbocycles. The summed E-state index contributed by atoms with van der Waals surface area (Å²) in [5, 5.41) is 9.78. The minimum absolute atomic E-state index is 0. The van der Waals surface area contributed by atoms with Gasteiger partial charge in [-0.1, -0.05) is 534 Å². The van der Waals surface area contributed by atoms with Crippen molar-refractivity contribution in [2.24, 2.45) is 11.8 Å². The minimum Gasteiger partial charge on any atom is -0.396 e. The van der Waals surface area contributed by atoms with E-state index in [4.69, 9.17) is 0 Å². The number of carbonyl (C=O) groups excluding carboxylic acids is 2. The Balaban J connectivity index is 0.000000470. The van der Waals surface area contributed by atoms with Crippen LogP contribution in [0.15, 0.2) is 89.4 Å². The second-order valence-corrected chi connectivity index (χ2v) is 34.7. The summed E-state index contributed by atoms with van der Waals surface area (Å²) in [6, 6.07) is 28.5. The van der Waals surface area contributed by atoms with E-state index in [0.29, 0.717) is 12.5 Å². The van der Waals surface area contributed by atoms with Crippen LogP contribution in [0.4, 0.5) is 0 Å². The predicted octanol–water partition coefficient (Wildman–Crippen LogP) is 34.9. The summed E-state index contributed by atoms with van der Waals surface area (Å²) in [6.07, 6.45) is 98.1. The first-order valence-corrected chi connectivity index (χ1v) is 48.0. The van der Waals surface area contributed by atoms with Crippen LogP contribution in [-0.4, -0.2) is 23.3 Å². The molecule has 0 unspecified atom stereocenters. The van der Waals surface area contributed by atoms with Crippen molar-refractivity contribution in [1.82, 2.24) is 0 Å². The molecule has 0 atom stereocenters. The van der Waals surface area contributed by atoms with Crippen LogP contribution in [0.2, 0.25) is 0 Å². The van der Waals surface area contributed by atoms with Crippen LogP contribution in [0.1, 0.15) is 502 Å². The van der Waals surface area contributed by atoms with Crippen LogP contribution in [0, 0.1) is 11.8 Å². The third-order valence-electron chi connectivity index (χ3n) is 24.1. The van der Waals surface area contributed by atoms with Crippen LogP contribution in [0.25, 0.3) is 22.3 Å². The van der Waals surface area contributed by atoms with Crippen molar-refractivity contribution < 1.29 is 35.1 Å². The van der Waals surface area contributed by atoms with Crippen molar-refractivity contribution in [2.75, 3.05) is 6.61 Å². The Morgan fingerprint density at radius 3 is 0.701 bits per heavy atom. The zero-order valence-electron chi connectivity index (χ0n) is 70.7. The second kappa shape index (κ2) is 71.1. The van der Waals surface area contributed by atoms with Gasteiger partial charge < -0.3 is 5.11 Å². The molecule has 0 saturated carbocycles. The fourth-order valence-electron chi connectivity index (χ4n) is 17.1. The summed E-state index contributed by atoms with van der Waals surface area (Å²) in [6.45, 7) is 9.63. The van der Waals surface area contributed by atoms with Crippen molar-refractivity contribution in [1.29, 1.82) is 0 Å². The SMILES string of the molecule is CCCCCCCCCCCCCCCCCCC(CCCCCCCCCCCCCCCCCC)Cc1ccc2c(c1)C(=O)c1ccccc1-2.CCCCCCCCCCCCCCCCCCC(CO)CCCCCCCCCCCCCCCCCC.O=C1c2ccccc2-c2ccc(Br)cc21.[Pd]. The molecule has 0 aliphatic heterocycles. The topological polar surface area (TPSA) is 54.4 Å². The van der Waals surface area contributed by atoms with Gasteiger partial charge in [0.25, 0.3) is 0 Å². The third kappa shape index (κ3) is 48.9. The van der Waals surface area contributed by atoms with E-state index in [1.165, 1.54) is 442 Å². The Bertz CT molecular complexity index is 2600. The molecule has 0 radical (unpaired) electrons. The van der Waals surface area contributed by atoms with E-state index in [-0.39, 0.29) is 32.0 Å². The smallest absolute Gasteiger partial charge is 0.194 e. The summed E-state index contributed by atoms with van der Waals surface area (Å²) in [5.74, 6) is 1.67. The third-order valence-corrected chi connectivity index (χ3v) is 24.6. The molecular formula is C102H169BrO3Pd. The summed E-state index contributed by atoms with van der Waals surface area (Å²) in [7, 11) is 0. The normalized spacial score (nSPS) is 12.0. The monoisotopic (exact) mass is 1630 g/mol. The maximum atomic E-state index is 13.2. The number of fused-ring (bicyclic) bond motifs is 6. The molecule has 107 heavy (non-hydrogen) atoms. The molecule has 0 aromatic heterocycles. The molecule has 2 aliphatic carbocycles. The molecule has 6 rings (SSSR count). The van der Waals surface area contributed by atoms with Crippen molar-refractivity contribution >= 4 is 27.5 Å². The van der Waals surface area contributed by atoms with Crippen LogP contribution >= 0.6 is 15.9 Å². The maximum absolute atomic E-state index is 13.2. The number of ketones is 2. The predicted molar refractivity (Wildman–Crippen MR) is 473 cm³/mol. The van der Waals surface area contributed by atoms with Crippen molar-refractivity contribution in [2.45, 2.75) is 471 Å². The number of hydrogen-bond acceptors (Lipinski definition) is 3. The molecule has 0 amide bonds. The number of aliphatic hydroxyl groups excluding tert-OH is 1. The van der Waals surface area contributed by atoms with Gasteiger partial charge in [-0.3, -0.25) is 9.59 Å². The molecule has 1 N–H and O–H groups in total. The van der Waals surface area contributed by atoms with Gasteiger partial charge in [-0.15, -0.1) is 0 Å². The van der Waals surface area contributed by atoms with E-state index in [0.717, 1.165) is 61.3 Å². The van der Waals surface area contributed by atoms with E-state index in [1.54, 1.807) is 0 Å². The number of halogens is 1. The van der Waals surface area contributed by atoms with Crippen molar-refractivity contribution in [3.63, 3.8) is 0 Å². The summed E-state index contributed by atoms with van der Waals surface area (Å²) in [4.78, 5) is 25.2. The largest absolute Gasteiger partial charge is 0.396 e. The zero-order chi connectivity index (χ0) is 75.5. The average Bonchev–Trinajstić information content (AvgIpc) is 1.63. The average molecular weight is 1630 g/mol. The number of carbonyl (C=O) groups is 2. The summed E-state index contributed by atoms with van der Waals surface area (Å²) in [5.41, 5.74) is 9.14. The van der Waals surface area contributed by atoms with Crippen LogP contribution in [-0.2, 0) is 26.8 Å². The van der Waals surface area contributed by atoms with Gasteiger partial charge in [0, 0.05) is 53.8 Å². The van der Waals surface area contributed by atoms with Crippen molar-refractivity contribution in [3.05, 3.63) is 117 Å². The molecule has 2 aliphatic rings. The fourth-order valence-corrected chi connectivity index (χ4v) is 17.5. The Kier molecular flexibility index (Phi) is 65.5. The standard InChI is InChI=1S/C51H84O.C38H78O.C13H7BrO.Pd/c1-3-5-7-9-11-13-15-17-19-21-23-25-27-29-31-33-37-45(38-34-32-30-28-26-24-22-20-18-16-14-12-10-8-6-4-2)43-46-41-42-48-47-39-35-36-40-49(47)51(52)50(48)44-46;1-3-5-7-9-11-13-15-17-19-21-23-25-27-29-31-33-35-38(37-39)36-34-32-30-28-26-24-22-20-18-16-14-12-10-8-6-4-2;14-8-5-6-10-9-3-1-2-4-11(9)13(15)12(10)7-8;/h35-36,39-42,44-45H,3-34,37-38,43H2,1-2H3;38-39H,3-37H2,1-2H3;1-7H;. The van der Waals surface area contributed by atoms with Gasteiger partial charge in [0.1, 0.15) is 0 Å². The fraction of sp³-hybridized carbons (Fsp3) is 0.745. The van der Waals surface area contributed by atoms with E-state index < -0.39 is 0 Å². The summed E-state index contributed by atoms with van der Waals surface area (Å²) >= 11 is 3.38. The van der Waals surface area contributed by atoms with E-state index >= 15 is 0 Å². The van der Waals surface area contributed by atoms with Gasteiger partial charge >= 0.3 is 0 Å². The first-order chi connectivity index (χ1) is 52.4. The Morgan fingerprint density at radius 2 is 0.449 bits per heavy atom. The van der Waals surface area contributed by atoms with Gasteiger partial charge in [-0.05, 0) is 77.1 Å². The molecule has 0 fully saturated rings. The van der Waals surface area contributed by atoms with E-state index in [1.807, 2.05) is 54.6 Å². The van der Waals surface area contributed by atoms with Gasteiger partial charge in [0.2, 0.25) is 0 Å². The molecule has 612 valence electrons. The van der Waals surface area contributed by atoms with Crippen LogP contribution in [0.5, 0.6) is 0 Å². The van der Waals surface area contributed by atoms with Gasteiger partial charge in [0.05, 0.1) is 0 Å². The number of aliphatic hydroxyl groups is 1. The van der Waals surface area contributed by atoms with Gasteiger partial charge in [-0.2, -0.15) is 0 Å². The van der Waals surface area contributed by atoms with E-state index in [9.17, 15) is 14.7 Å². The van der Waals surface area contributed by atoms with Crippen LogP contribution < -0.4 is 0 Å². The van der Waals surface area contributed by atoms with Gasteiger partial charge in [0.15, 0.2) is 11.6 Å². The molecule has 4 aromatic rings. The van der Waals surface area contributed by atoms with Gasteiger partial charge in [-0.25, -0.2) is 0 Å². The number of unbranched alkanes of at least 4 members (excludes halogenated alkanes) is 60. The van der Waals surface area contributed by atoms with E-state index in [2.05, 4.69) is 74.0 Å². The minimum atomic E-state index is 0. The van der Waals surface area contributed by atoms with Crippen molar-refractivity contribution in [3.8, 4) is 22.3 Å². The second-order valence-electron chi connectivity index (χ2n) is 33.8. The molecule has 3 nitrogen and oxygen atoms in total. The molecule has 0 bridgehead atoms. The molecule has 5 heteroatoms. The molecule has 0 heterocycles. The number of benzene rings is 4. The molecule has 0 saturated heterocycles. The quantitative estimate of drug-likeness (QED) is 0.0306. The number of hydrogen-bond donors (Lipinski definition) is 1. The summed E-state index contributed by atoms with van der Waals surface area (Å²) < 4.78 is 0.947. The first kappa shape index (κ1) is 98.5. The number of rotatable bonds is 71. The maximum Gasteiger partial charge on any atom is 0.194 e. The Morgan fingerprint density at radius 1 is 0.243 bits per heavy atom. The van der Waals surface area contributed by atoms with Crippen LogP contribution in [0.3, 0.4) is 0 Å². The first-order valence-electron chi connectivity index (χ1n) is 47.2.